The van der Waals surface area contributed by atoms with Crippen molar-refractivity contribution < 1.29 is 25.3 Å². The van der Waals surface area contributed by atoms with Crippen molar-refractivity contribution in [2.75, 3.05) is 40.4 Å². The SMILES string of the molecule is CCN(CC)C(=S)SCc1ccc([Si]2(C)O[Si](C)(c3ccccc3)O[Si](OC)(c3ccc(CSC(=S)N(CC)CC)cc3)O[Si](OC)(c3ccccc3)O2)cc1. The van der Waals surface area contributed by atoms with E-state index in [2.05, 4.69) is 99.1 Å². The van der Waals surface area contributed by atoms with E-state index in [0.717, 1.165) is 78.2 Å². The molecule has 1 heterocycles. The van der Waals surface area contributed by atoms with Crippen molar-refractivity contribution in [3.8, 4) is 0 Å². The molecule has 1 aliphatic rings. The summed E-state index contributed by atoms with van der Waals surface area (Å²) >= 11 is 14.8. The maximum atomic E-state index is 7.53. The summed E-state index contributed by atoms with van der Waals surface area (Å²) in [5.41, 5.74) is 2.29. The summed E-state index contributed by atoms with van der Waals surface area (Å²) in [5, 5.41) is 3.48. The third-order valence-corrected chi connectivity index (χ3v) is 29.5. The Balaban J connectivity index is 1.58. The second-order valence-corrected chi connectivity index (χ2v) is 29.0. The van der Waals surface area contributed by atoms with Crippen LogP contribution in [0.4, 0.5) is 0 Å². The fourth-order valence-electron chi connectivity index (χ4n) is 6.55. The molecular weight excluding hydrogens is 845 g/mol. The zero-order valence-electron chi connectivity index (χ0n) is 33.6. The lowest BCUT2D eigenvalue weighted by Gasteiger charge is -2.49. The lowest BCUT2D eigenvalue weighted by Crippen LogP contribution is -2.80. The van der Waals surface area contributed by atoms with Gasteiger partial charge in [-0.3, -0.25) is 0 Å². The molecule has 1 aliphatic heterocycles. The van der Waals surface area contributed by atoms with Crippen molar-refractivity contribution in [1.82, 2.24) is 9.80 Å². The fourth-order valence-corrected chi connectivity index (χ4v) is 28.2. The smallest absolute Gasteiger partial charge is 0.409 e. The molecule has 0 spiro atoms. The molecule has 1 fully saturated rings. The van der Waals surface area contributed by atoms with Crippen LogP contribution in [0.2, 0.25) is 13.1 Å². The summed E-state index contributed by atoms with van der Waals surface area (Å²) in [6, 6.07) is 36.9. The van der Waals surface area contributed by atoms with Gasteiger partial charge in [0.2, 0.25) is 0 Å². The van der Waals surface area contributed by atoms with Crippen LogP contribution < -0.4 is 20.7 Å². The summed E-state index contributed by atoms with van der Waals surface area (Å²) in [7, 11) is -11.2. The standard InChI is InChI=1S/C40H54N2O6S4Si4/c1-9-41(10-2)39(49)51-31-33-23-27-36(28-24-33)54(8)45-53(7,35-19-15-13-16-20-35)46-56(44-6,48-55(43-5,47-54)37-21-17-14-18-22-37)38-29-25-34(26-30-38)32-52-40(50)42(11-3)12-4/h13-30H,9-12,31-32H2,1-8H3. The molecule has 0 radical (unpaired) electrons. The average molecular weight is 899 g/mol. The number of thiocarbonyl (C=S) groups is 2. The van der Waals surface area contributed by atoms with Gasteiger partial charge < -0.3 is 35.1 Å². The first kappa shape index (κ1) is 45.1. The van der Waals surface area contributed by atoms with Gasteiger partial charge in [-0.25, -0.2) is 0 Å². The zero-order valence-corrected chi connectivity index (χ0v) is 40.9. The fraction of sp³-hybridized carbons (Fsp3) is 0.350. The van der Waals surface area contributed by atoms with Gasteiger partial charge in [0.05, 0.1) is 0 Å². The molecule has 4 aromatic rings. The third kappa shape index (κ3) is 10.4. The molecule has 1 saturated heterocycles. The van der Waals surface area contributed by atoms with E-state index in [-0.39, 0.29) is 0 Å². The van der Waals surface area contributed by atoms with E-state index in [1.807, 2.05) is 60.7 Å². The number of hydrogen-bond acceptors (Lipinski definition) is 10. The van der Waals surface area contributed by atoms with Gasteiger partial charge in [-0.05, 0) is 62.3 Å². The highest BCUT2D eigenvalue weighted by molar-refractivity contribution is 8.22. The van der Waals surface area contributed by atoms with Gasteiger partial charge in [-0.1, -0.05) is 157 Å². The highest BCUT2D eigenvalue weighted by Crippen LogP contribution is 2.32. The first-order valence-corrected chi connectivity index (χ1v) is 29.8. The predicted octanol–water partition coefficient (Wildman–Crippen LogP) is 6.73. The molecule has 0 aromatic heterocycles. The maximum Gasteiger partial charge on any atom is 0.521 e. The number of thioether (sulfide) groups is 2. The first-order chi connectivity index (χ1) is 26.9. The van der Waals surface area contributed by atoms with Crippen LogP contribution in [0.15, 0.2) is 109 Å². The van der Waals surface area contributed by atoms with Crippen LogP contribution in [0.5, 0.6) is 0 Å². The Hall–Kier alpha value is -2.01. The van der Waals surface area contributed by atoms with Crippen LogP contribution in [0.3, 0.4) is 0 Å². The van der Waals surface area contributed by atoms with Crippen LogP contribution in [0.1, 0.15) is 38.8 Å². The molecule has 8 nitrogen and oxygen atoms in total. The van der Waals surface area contributed by atoms with Gasteiger partial charge in [0.25, 0.3) is 0 Å². The van der Waals surface area contributed by atoms with Crippen molar-refractivity contribution in [1.29, 1.82) is 0 Å². The zero-order chi connectivity index (χ0) is 40.4. The van der Waals surface area contributed by atoms with E-state index in [0.29, 0.717) is 0 Å². The molecule has 0 N–H and O–H groups in total. The molecule has 4 unspecified atom stereocenters. The van der Waals surface area contributed by atoms with Crippen molar-refractivity contribution in [2.24, 2.45) is 0 Å². The third-order valence-electron chi connectivity index (χ3n) is 9.83. The van der Waals surface area contributed by atoms with Crippen LogP contribution >= 0.6 is 48.0 Å². The Morgan fingerprint density at radius 2 is 0.839 bits per heavy atom. The Morgan fingerprint density at radius 3 is 1.21 bits per heavy atom. The molecule has 0 amide bonds. The molecule has 0 saturated carbocycles. The Labute approximate surface area is 357 Å². The molecule has 0 aliphatic carbocycles. The van der Waals surface area contributed by atoms with E-state index in [1.54, 1.807) is 37.7 Å². The molecular formula is C40H54N2O6S4Si4. The topological polar surface area (TPSA) is 61.9 Å². The summed E-state index contributed by atoms with van der Waals surface area (Å²) in [6.07, 6.45) is 0. The number of hydrogen-bond donors (Lipinski definition) is 0. The van der Waals surface area contributed by atoms with Crippen molar-refractivity contribution in [2.45, 2.75) is 52.3 Å². The van der Waals surface area contributed by atoms with E-state index < -0.39 is 34.7 Å². The van der Waals surface area contributed by atoms with Crippen LogP contribution in [-0.2, 0) is 36.8 Å². The number of rotatable bonds is 14. The van der Waals surface area contributed by atoms with Gasteiger partial charge in [0, 0.05) is 62.3 Å². The summed E-state index contributed by atoms with van der Waals surface area (Å²) in [5.74, 6) is 1.51. The van der Waals surface area contributed by atoms with Gasteiger partial charge in [0.15, 0.2) is 0 Å². The lowest BCUT2D eigenvalue weighted by molar-refractivity contribution is 0.118. The number of benzene rings is 4. The minimum Gasteiger partial charge on any atom is -0.409 e. The Kier molecular flexibility index (Phi) is 16.3. The van der Waals surface area contributed by atoms with Crippen molar-refractivity contribution in [3.05, 3.63) is 120 Å². The largest absolute Gasteiger partial charge is 0.521 e. The molecule has 0 bridgehead atoms. The highest BCUT2D eigenvalue weighted by Gasteiger charge is 2.65. The lowest BCUT2D eigenvalue weighted by atomic mass is 10.2. The molecule has 16 heteroatoms. The predicted molar refractivity (Wildman–Crippen MR) is 251 cm³/mol. The Morgan fingerprint density at radius 1 is 0.500 bits per heavy atom. The van der Waals surface area contributed by atoms with Crippen LogP contribution in [0.25, 0.3) is 0 Å². The molecule has 4 aromatic carbocycles. The second-order valence-electron chi connectivity index (χ2n) is 13.4. The molecule has 300 valence electrons. The van der Waals surface area contributed by atoms with Crippen LogP contribution in [0, 0.1) is 0 Å². The normalized spacial score (nSPS) is 23.9. The number of nitrogens with zero attached hydrogens (tertiary/aromatic N) is 2. The molecule has 56 heavy (non-hydrogen) atoms. The van der Waals surface area contributed by atoms with Gasteiger partial charge in [-0.2, -0.15) is 0 Å². The van der Waals surface area contributed by atoms with E-state index in [4.69, 9.17) is 49.7 Å². The van der Waals surface area contributed by atoms with Gasteiger partial charge in [-0.15, -0.1) is 0 Å². The van der Waals surface area contributed by atoms with E-state index in [1.165, 1.54) is 0 Å². The maximum absolute atomic E-state index is 7.53. The van der Waals surface area contributed by atoms with Gasteiger partial charge >= 0.3 is 34.7 Å². The van der Waals surface area contributed by atoms with Crippen molar-refractivity contribution in [3.63, 3.8) is 0 Å². The quantitative estimate of drug-likeness (QED) is 0.0998. The average Bonchev–Trinajstić information content (AvgIpc) is 3.23. The van der Waals surface area contributed by atoms with E-state index >= 15 is 0 Å². The minimum absolute atomic E-state index is 0.742. The van der Waals surface area contributed by atoms with Crippen LogP contribution in [-0.4, -0.2) is 93.6 Å². The monoisotopic (exact) mass is 898 g/mol. The Bertz CT molecular complexity index is 1880. The second kappa shape index (κ2) is 20.3. The summed E-state index contributed by atoms with van der Waals surface area (Å²) in [6.45, 7) is 16.2. The first-order valence-electron chi connectivity index (χ1n) is 19.0. The highest BCUT2D eigenvalue weighted by atomic mass is 32.2. The van der Waals surface area contributed by atoms with E-state index in [9.17, 15) is 0 Å². The minimum atomic E-state index is -3.87. The van der Waals surface area contributed by atoms with Crippen molar-refractivity contribution >= 4 is 112 Å². The summed E-state index contributed by atoms with van der Waals surface area (Å²) in [4.78, 5) is 4.40. The van der Waals surface area contributed by atoms with Gasteiger partial charge in [0.1, 0.15) is 8.64 Å². The molecule has 5 rings (SSSR count). The summed E-state index contributed by atoms with van der Waals surface area (Å²) < 4.78 is 44.8. The molecule has 4 atom stereocenters.